The summed E-state index contributed by atoms with van der Waals surface area (Å²) in [5.41, 5.74) is -1.71. The second-order valence-electron chi connectivity index (χ2n) is 13.6. The minimum absolute atomic E-state index is 0.0104. The van der Waals surface area contributed by atoms with E-state index in [0.717, 1.165) is 42.5 Å². The lowest BCUT2D eigenvalue weighted by Gasteiger charge is -2.23. The summed E-state index contributed by atoms with van der Waals surface area (Å²) >= 11 is 0. The van der Waals surface area contributed by atoms with E-state index in [4.69, 9.17) is 9.47 Å². The molecule has 4 rings (SSSR count). The van der Waals surface area contributed by atoms with E-state index >= 15 is 0 Å². The second kappa shape index (κ2) is 13.7. The number of sulfone groups is 1. The first-order valence-electron chi connectivity index (χ1n) is 14.9. The summed E-state index contributed by atoms with van der Waals surface area (Å²) < 4.78 is 177. The summed E-state index contributed by atoms with van der Waals surface area (Å²) in [5, 5.41) is 0. The van der Waals surface area contributed by atoms with Crippen LogP contribution >= 0.6 is 0 Å². The smallest absolute Gasteiger partial charge is 0.298 e. The van der Waals surface area contributed by atoms with Gasteiger partial charge in [0, 0.05) is 0 Å². The van der Waals surface area contributed by atoms with E-state index in [-0.39, 0.29) is 22.4 Å². The number of hydrogen-bond donors (Lipinski definition) is 4. The quantitative estimate of drug-likeness (QED) is 0.145. The Bertz CT molecular complexity index is 2690. The maximum Gasteiger partial charge on any atom is 0.298 e. The first-order valence-corrected chi connectivity index (χ1v) is 22.1. The predicted octanol–water partition coefficient (Wildman–Crippen LogP) is 5.44. The molecule has 0 fully saturated rings. The number of ether oxygens (including phenoxy) is 2. The molecule has 288 valence electrons. The fourth-order valence-electron chi connectivity index (χ4n) is 4.98. The molecule has 0 saturated carbocycles. The van der Waals surface area contributed by atoms with E-state index in [0.29, 0.717) is 12.1 Å². The van der Waals surface area contributed by atoms with Crippen molar-refractivity contribution < 1.29 is 69.8 Å². The molecule has 4 N–H and O–H groups in total. The highest BCUT2D eigenvalue weighted by Crippen LogP contribution is 2.39. The van der Waals surface area contributed by atoms with E-state index in [2.05, 4.69) is 0 Å². The van der Waals surface area contributed by atoms with Crippen molar-refractivity contribution in [2.45, 2.75) is 81.9 Å². The lowest BCUT2D eigenvalue weighted by molar-refractivity contribution is 0.126. The molecule has 0 unspecified atom stereocenters. The average Bonchev–Trinajstić information content (AvgIpc) is 2.98. The Labute approximate surface area is 307 Å². The summed E-state index contributed by atoms with van der Waals surface area (Å²) in [6.07, 6.45) is 0. The third-order valence-corrected chi connectivity index (χ3v) is 12.5. The van der Waals surface area contributed by atoms with Crippen LogP contribution < -0.4 is 9.47 Å². The third-order valence-electron chi connectivity index (χ3n) is 7.27. The lowest BCUT2D eigenvalue weighted by Crippen LogP contribution is -2.24. The highest BCUT2D eigenvalue weighted by atomic mass is 32.2. The Morgan fingerprint density at radius 2 is 0.811 bits per heavy atom. The molecule has 0 saturated heterocycles. The SMILES string of the molecule is CC(C)(C)Oc1ccc(-c2ccc(Oc3ccc(S(=O)(=O)c4ccc(C(C)(C)C)c(S(=O)(=O)O)c4)cc3S(=O)(=O)O)c(S(=O)(=O)O)c2)cc1S(=O)(=O)O. The van der Waals surface area contributed by atoms with Gasteiger partial charge in [0.25, 0.3) is 40.5 Å². The van der Waals surface area contributed by atoms with Gasteiger partial charge >= 0.3 is 0 Å². The first-order chi connectivity index (χ1) is 23.8. The minimum atomic E-state index is -5.34. The Hall–Kier alpha value is -3.93. The van der Waals surface area contributed by atoms with Gasteiger partial charge in [0.05, 0.1) is 14.7 Å². The molecule has 21 heteroatoms. The van der Waals surface area contributed by atoms with E-state index in [1.54, 1.807) is 41.5 Å². The normalized spacial score (nSPS) is 13.5. The van der Waals surface area contributed by atoms with Crippen molar-refractivity contribution in [2.24, 2.45) is 0 Å². The maximum absolute atomic E-state index is 13.6. The molecule has 4 aromatic rings. The Balaban J connectivity index is 1.85. The summed E-state index contributed by atoms with van der Waals surface area (Å²) in [7, 11) is -25.1. The monoisotopic (exact) mass is 834 g/mol. The molecule has 0 aliphatic heterocycles. The van der Waals surface area contributed by atoms with Crippen molar-refractivity contribution in [3.8, 4) is 28.4 Å². The summed E-state index contributed by atoms with van der Waals surface area (Å²) in [5.74, 6) is -1.76. The van der Waals surface area contributed by atoms with Gasteiger partial charge in [-0.15, -0.1) is 0 Å². The first kappa shape index (κ1) is 41.8. The Kier molecular flexibility index (Phi) is 10.8. The largest absolute Gasteiger partial charge is 0.487 e. The maximum atomic E-state index is 13.6. The molecule has 0 heterocycles. The Morgan fingerprint density at radius 3 is 1.23 bits per heavy atom. The molecule has 0 aromatic heterocycles. The number of benzene rings is 4. The highest BCUT2D eigenvalue weighted by molar-refractivity contribution is 7.91. The van der Waals surface area contributed by atoms with Crippen LogP contribution in [0.3, 0.4) is 0 Å². The molecule has 0 atom stereocenters. The predicted molar refractivity (Wildman–Crippen MR) is 189 cm³/mol. The van der Waals surface area contributed by atoms with Gasteiger partial charge in [0.1, 0.15) is 37.5 Å². The van der Waals surface area contributed by atoms with Crippen molar-refractivity contribution >= 4 is 50.3 Å². The summed E-state index contributed by atoms with van der Waals surface area (Å²) in [6.45, 7) is 9.72. The van der Waals surface area contributed by atoms with Gasteiger partial charge in [-0.3, -0.25) is 18.2 Å². The minimum Gasteiger partial charge on any atom is -0.487 e. The molecule has 0 aliphatic rings. The van der Waals surface area contributed by atoms with Gasteiger partial charge in [-0.05, 0) is 97.5 Å². The Morgan fingerprint density at radius 1 is 0.453 bits per heavy atom. The van der Waals surface area contributed by atoms with Crippen LogP contribution in [0.2, 0.25) is 0 Å². The number of hydrogen-bond acceptors (Lipinski definition) is 12. The lowest BCUT2D eigenvalue weighted by atomic mass is 9.87. The van der Waals surface area contributed by atoms with Crippen LogP contribution in [0, 0.1) is 0 Å². The van der Waals surface area contributed by atoms with Crippen molar-refractivity contribution in [2.75, 3.05) is 0 Å². The van der Waals surface area contributed by atoms with Gasteiger partial charge in [-0.25, -0.2) is 8.42 Å². The topological polar surface area (TPSA) is 270 Å². The van der Waals surface area contributed by atoms with E-state index in [9.17, 15) is 60.3 Å². The van der Waals surface area contributed by atoms with Crippen molar-refractivity contribution in [1.82, 2.24) is 0 Å². The molecular formula is C32H34O16S5. The van der Waals surface area contributed by atoms with Gasteiger partial charge < -0.3 is 9.47 Å². The fourth-order valence-corrected chi connectivity index (χ4v) is 9.29. The van der Waals surface area contributed by atoms with Crippen molar-refractivity contribution in [3.05, 3.63) is 78.4 Å². The van der Waals surface area contributed by atoms with Crippen molar-refractivity contribution in [1.29, 1.82) is 0 Å². The standard InChI is InChI=1S/C32H34O16S5/c1-31(2,3)23-11-9-21(17-27(23)50(35,36)37)49(33,34)22-10-14-25(30(18-22)53(44,45)46)47-24-12-7-19(15-28(24)51(38,39)40)20-8-13-26(48-32(4,5)6)29(16-20)52(41,42)43/h7-18H,1-6H3,(H,35,36,37)(H,38,39,40)(H,41,42,43)(H,44,45,46). The molecule has 0 aliphatic carbocycles. The van der Waals surface area contributed by atoms with Crippen LogP contribution in [0.15, 0.2) is 102 Å². The molecule has 0 radical (unpaired) electrons. The molecule has 0 bridgehead atoms. The van der Waals surface area contributed by atoms with E-state index in [1.807, 2.05) is 0 Å². The van der Waals surface area contributed by atoms with Crippen LogP contribution in [-0.2, 0) is 55.7 Å². The molecule has 53 heavy (non-hydrogen) atoms. The molecular weight excluding hydrogens is 801 g/mol. The van der Waals surface area contributed by atoms with Gasteiger partial charge in [-0.2, -0.15) is 33.7 Å². The van der Waals surface area contributed by atoms with Crippen LogP contribution in [0.1, 0.15) is 47.1 Å². The second-order valence-corrected chi connectivity index (χ2v) is 21.1. The summed E-state index contributed by atoms with van der Waals surface area (Å²) in [4.78, 5) is -5.00. The molecule has 4 aromatic carbocycles. The highest BCUT2D eigenvalue weighted by Gasteiger charge is 2.31. The fraction of sp³-hybridized carbons (Fsp3) is 0.250. The molecule has 16 nitrogen and oxygen atoms in total. The van der Waals surface area contributed by atoms with Gasteiger partial charge in [0.2, 0.25) is 9.84 Å². The van der Waals surface area contributed by atoms with Crippen LogP contribution in [0.4, 0.5) is 0 Å². The van der Waals surface area contributed by atoms with E-state index < -0.39 is 102 Å². The molecule has 0 amide bonds. The van der Waals surface area contributed by atoms with Crippen molar-refractivity contribution in [3.63, 3.8) is 0 Å². The number of rotatable bonds is 10. The average molecular weight is 835 g/mol. The summed E-state index contributed by atoms with van der Waals surface area (Å²) in [6, 6.07) is 11.4. The van der Waals surface area contributed by atoms with E-state index in [1.165, 1.54) is 18.2 Å². The van der Waals surface area contributed by atoms with Crippen LogP contribution in [-0.4, -0.2) is 65.9 Å². The van der Waals surface area contributed by atoms with Crippen LogP contribution in [0.25, 0.3) is 11.1 Å². The third kappa shape index (κ3) is 9.60. The van der Waals surface area contributed by atoms with Gasteiger partial charge in [-0.1, -0.05) is 39.0 Å². The van der Waals surface area contributed by atoms with Gasteiger partial charge in [0.15, 0.2) is 0 Å². The zero-order valence-corrected chi connectivity index (χ0v) is 32.7. The van der Waals surface area contributed by atoms with Crippen LogP contribution in [0.5, 0.6) is 17.2 Å². The zero-order valence-electron chi connectivity index (χ0n) is 28.7. The molecule has 0 spiro atoms. The zero-order chi connectivity index (χ0) is 40.3.